The van der Waals surface area contributed by atoms with E-state index >= 15 is 0 Å². The molecule has 0 atom stereocenters. The molecule has 1 aromatic carbocycles. The Morgan fingerprint density at radius 3 is 2.52 bits per heavy atom. The molecule has 0 saturated carbocycles. The van der Waals surface area contributed by atoms with E-state index in [1.165, 1.54) is 13.1 Å². The van der Waals surface area contributed by atoms with E-state index in [9.17, 15) is 17.2 Å². The number of hydrogen-bond donors (Lipinski definition) is 2. The van der Waals surface area contributed by atoms with Gasteiger partial charge in [0.05, 0.1) is 5.75 Å². The first-order valence-electron chi connectivity index (χ1n) is 6.47. The van der Waals surface area contributed by atoms with Crippen LogP contribution in [0.1, 0.15) is 5.56 Å². The predicted molar refractivity (Wildman–Crippen MR) is 96.4 cm³/mol. The van der Waals surface area contributed by atoms with Crippen molar-refractivity contribution in [1.82, 2.24) is 10.6 Å². The van der Waals surface area contributed by atoms with Gasteiger partial charge in [0.15, 0.2) is 5.96 Å². The number of alkyl halides is 2. The monoisotopic (exact) mass is 463 g/mol. The van der Waals surface area contributed by atoms with Crippen molar-refractivity contribution in [2.45, 2.75) is 13.2 Å². The van der Waals surface area contributed by atoms with Crippen molar-refractivity contribution in [3.63, 3.8) is 0 Å². The molecule has 6 nitrogen and oxygen atoms in total. The van der Waals surface area contributed by atoms with Crippen LogP contribution < -0.4 is 15.4 Å². The van der Waals surface area contributed by atoms with E-state index in [1.807, 2.05) is 0 Å². The van der Waals surface area contributed by atoms with Crippen molar-refractivity contribution >= 4 is 39.8 Å². The molecule has 0 saturated heterocycles. The Hall–Kier alpha value is -1.17. The van der Waals surface area contributed by atoms with E-state index < -0.39 is 16.4 Å². The SMILES string of the molecule is CN=C(NCCS(C)(=O)=O)NCc1ccccc1OC(F)F.I. The van der Waals surface area contributed by atoms with E-state index in [-0.39, 0.29) is 48.6 Å². The van der Waals surface area contributed by atoms with Crippen molar-refractivity contribution in [1.29, 1.82) is 0 Å². The van der Waals surface area contributed by atoms with Crippen LogP contribution in [-0.4, -0.2) is 46.6 Å². The van der Waals surface area contributed by atoms with Crippen molar-refractivity contribution in [3.05, 3.63) is 29.8 Å². The number of ether oxygens (including phenoxy) is 1. The lowest BCUT2D eigenvalue weighted by Crippen LogP contribution is -2.39. The molecule has 0 amide bonds. The maximum atomic E-state index is 12.3. The topological polar surface area (TPSA) is 79.8 Å². The van der Waals surface area contributed by atoms with Crippen LogP contribution in [0.25, 0.3) is 0 Å². The Kier molecular flexibility index (Phi) is 10.0. The van der Waals surface area contributed by atoms with Crippen LogP contribution in [0.3, 0.4) is 0 Å². The van der Waals surface area contributed by atoms with Gasteiger partial charge in [-0.3, -0.25) is 4.99 Å². The molecule has 1 rings (SSSR count). The molecular weight excluding hydrogens is 443 g/mol. The lowest BCUT2D eigenvalue weighted by molar-refractivity contribution is -0.0504. The van der Waals surface area contributed by atoms with Crippen molar-refractivity contribution in [3.8, 4) is 5.75 Å². The molecule has 0 aliphatic carbocycles. The second-order valence-electron chi connectivity index (χ2n) is 4.47. The zero-order valence-electron chi connectivity index (χ0n) is 12.8. The molecule has 0 radical (unpaired) electrons. The van der Waals surface area contributed by atoms with Crippen LogP contribution in [0.2, 0.25) is 0 Å². The maximum Gasteiger partial charge on any atom is 0.387 e. The number of hydrogen-bond acceptors (Lipinski definition) is 4. The Balaban J connectivity index is 0.00000484. The second kappa shape index (κ2) is 10.6. The summed E-state index contributed by atoms with van der Waals surface area (Å²) in [5.74, 6) is 0.422. The molecule has 23 heavy (non-hydrogen) atoms. The third-order valence-corrected chi connectivity index (χ3v) is 3.57. The van der Waals surface area contributed by atoms with Gasteiger partial charge in [-0.2, -0.15) is 8.78 Å². The van der Waals surface area contributed by atoms with E-state index in [2.05, 4.69) is 20.4 Å². The summed E-state index contributed by atoms with van der Waals surface area (Å²) in [5, 5.41) is 5.73. The van der Waals surface area contributed by atoms with Gasteiger partial charge in [0, 0.05) is 32.0 Å². The first-order valence-corrected chi connectivity index (χ1v) is 8.53. The van der Waals surface area contributed by atoms with Gasteiger partial charge in [-0.15, -0.1) is 24.0 Å². The summed E-state index contributed by atoms with van der Waals surface area (Å²) in [6, 6.07) is 6.40. The van der Waals surface area contributed by atoms with Gasteiger partial charge in [-0.1, -0.05) is 18.2 Å². The molecule has 0 unspecified atom stereocenters. The van der Waals surface area contributed by atoms with E-state index in [0.717, 1.165) is 6.26 Å². The molecule has 2 N–H and O–H groups in total. The van der Waals surface area contributed by atoms with Gasteiger partial charge in [-0.05, 0) is 6.07 Å². The van der Waals surface area contributed by atoms with Crippen LogP contribution in [0.15, 0.2) is 29.3 Å². The lowest BCUT2D eigenvalue weighted by atomic mass is 10.2. The molecule has 132 valence electrons. The Morgan fingerprint density at radius 2 is 1.96 bits per heavy atom. The maximum absolute atomic E-state index is 12.3. The Bertz CT molecular complexity index is 612. The molecule has 0 heterocycles. The van der Waals surface area contributed by atoms with Gasteiger partial charge in [0.2, 0.25) is 0 Å². The number of para-hydroxylation sites is 1. The molecular formula is C13H20F2IN3O3S. The Labute approximate surface area is 151 Å². The lowest BCUT2D eigenvalue weighted by Gasteiger charge is -2.14. The van der Waals surface area contributed by atoms with Crippen LogP contribution >= 0.6 is 24.0 Å². The number of halogens is 3. The normalized spacial score (nSPS) is 11.8. The van der Waals surface area contributed by atoms with Crippen LogP contribution in [0, 0.1) is 0 Å². The zero-order chi connectivity index (χ0) is 16.6. The minimum absolute atomic E-state index is 0. The van der Waals surface area contributed by atoms with Crippen molar-refractivity contribution in [2.75, 3.05) is 25.6 Å². The number of benzene rings is 1. The first-order chi connectivity index (χ1) is 10.3. The first kappa shape index (κ1) is 21.8. The van der Waals surface area contributed by atoms with E-state index in [1.54, 1.807) is 18.2 Å². The van der Waals surface area contributed by atoms with Gasteiger partial charge in [0.25, 0.3) is 0 Å². The van der Waals surface area contributed by atoms with E-state index in [0.29, 0.717) is 11.5 Å². The fourth-order valence-electron chi connectivity index (χ4n) is 1.62. The molecule has 10 heteroatoms. The van der Waals surface area contributed by atoms with Crippen LogP contribution in [0.4, 0.5) is 8.78 Å². The molecule has 0 aliphatic rings. The average molecular weight is 463 g/mol. The number of rotatable bonds is 7. The molecule has 0 aromatic heterocycles. The highest BCUT2D eigenvalue weighted by atomic mass is 127. The summed E-state index contributed by atoms with van der Waals surface area (Å²) in [4.78, 5) is 3.92. The molecule has 0 aliphatic heterocycles. The smallest absolute Gasteiger partial charge is 0.387 e. The van der Waals surface area contributed by atoms with Crippen LogP contribution in [-0.2, 0) is 16.4 Å². The summed E-state index contributed by atoms with van der Waals surface area (Å²) < 4.78 is 51.1. The summed E-state index contributed by atoms with van der Waals surface area (Å²) in [6.07, 6.45) is 1.14. The van der Waals surface area contributed by atoms with Gasteiger partial charge < -0.3 is 15.4 Å². The van der Waals surface area contributed by atoms with E-state index in [4.69, 9.17) is 0 Å². The molecule has 0 fully saturated rings. The van der Waals surface area contributed by atoms with Crippen LogP contribution in [0.5, 0.6) is 5.75 Å². The summed E-state index contributed by atoms with van der Waals surface area (Å²) >= 11 is 0. The fourth-order valence-corrected chi connectivity index (χ4v) is 2.09. The van der Waals surface area contributed by atoms with Gasteiger partial charge >= 0.3 is 6.61 Å². The summed E-state index contributed by atoms with van der Waals surface area (Å²) in [5.41, 5.74) is 0.536. The second-order valence-corrected chi connectivity index (χ2v) is 6.73. The standard InChI is InChI=1S/C13H19F2N3O3S.HI/c1-16-13(17-7-8-22(2,19)20)18-9-10-5-3-4-6-11(10)21-12(14)15;/h3-6,12H,7-9H2,1-2H3,(H2,16,17,18);1H. The molecule has 1 aromatic rings. The minimum atomic E-state index is -3.06. The third kappa shape index (κ3) is 9.54. The average Bonchev–Trinajstić information content (AvgIpc) is 2.42. The zero-order valence-corrected chi connectivity index (χ0v) is 15.9. The Morgan fingerprint density at radius 1 is 1.30 bits per heavy atom. The minimum Gasteiger partial charge on any atom is -0.434 e. The predicted octanol–water partition coefficient (Wildman–Crippen LogP) is 1.62. The highest BCUT2D eigenvalue weighted by molar-refractivity contribution is 14.0. The number of aliphatic imine (C=N–C) groups is 1. The number of nitrogens with one attached hydrogen (secondary N) is 2. The highest BCUT2D eigenvalue weighted by Gasteiger charge is 2.09. The number of nitrogens with zero attached hydrogens (tertiary/aromatic N) is 1. The van der Waals surface area contributed by atoms with Gasteiger partial charge in [0.1, 0.15) is 15.6 Å². The number of sulfone groups is 1. The molecule has 0 bridgehead atoms. The number of guanidine groups is 1. The molecule has 0 spiro atoms. The highest BCUT2D eigenvalue weighted by Crippen LogP contribution is 2.19. The third-order valence-electron chi connectivity index (χ3n) is 2.62. The summed E-state index contributed by atoms with van der Waals surface area (Å²) in [7, 11) is -1.54. The van der Waals surface area contributed by atoms with Crippen molar-refractivity contribution < 1.29 is 21.9 Å². The van der Waals surface area contributed by atoms with Crippen molar-refractivity contribution in [2.24, 2.45) is 4.99 Å². The van der Waals surface area contributed by atoms with Gasteiger partial charge in [-0.25, -0.2) is 8.42 Å². The largest absolute Gasteiger partial charge is 0.434 e. The quantitative estimate of drug-likeness (QED) is 0.365. The summed E-state index contributed by atoms with van der Waals surface area (Å²) in [6.45, 7) is -2.48. The fraction of sp³-hybridized carbons (Fsp3) is 0.462.